The van der Waals surface area contributed by atoms with Crippen LogP contribution in [-0.2, 0) is 9.59 Å². The van der Waals surface area contributed by atoms with Crippen LogP contribution in [0.25, 0.3) is 0 Å². The summed E-state index contributed by atoms with van der Waals surface area (Å²) in [6.45, 7) is 1.66. The Kier molecular flexibility index (Phi) is 1.45. The molecule has 4 nitrogen and oxygen atoms in total. The van der Waals surface area contributed by atoms with Crippen LogP contribution in [0.1, 0.15) is 13.3 Å². The largest absolute Gasteiger partial charge is 0.366 e. The van der Waals surface area contributed by atoms with Crippen molar-refractivity contribution in [1.29, 1.82) is 0 Å². The van der Waals surface area contributed by atoms with E-state index < -0.39 is 5.91 Å². The fraction of sp³-hybridized carbons (Fsp3) is 0.333. The minimum absolute atomic E-state index is 0.126. The summed E-state index contributed by atoms with van der Waals surface area (Å²) in [4.78, 5) is 21.1. The molecule has 0 bridgehead atoms. The third-order valence-corrected chi connectivity index (χ3v) is 1.41. The molecule has 10 heavy (non-hydrogen) atoms. The van der Waals surface area contributed by atoms with Crippen molar-refractivity contribution >= 4 is 11.8 Å². The molecule has 0 aliphatic carbocycles. The summed E-state index contributed by atoms with van der Waals surface area (Å²) in [5.41, 5.74) is 5.94. The molecule has 0 spiro atoms. The van der Waals surface area contributed by atoms with Gasteiger partial charge in [-0.3, -0.25) is 9.59 Å². The standard InChI is InChI=1S/C6H8N2O2/c1-3-4(6(7)10)2-5(9)8-3/h2H2,1H3,(H2,7,10)(H,8,9). The van der Waals surface area contributed by atoms with E-state index in [1.807, 2.05) is 0 Å². The van der Waals surface area contributed by atoms with Crippen LogP contribution in [0.3, 0.4) is 0 Å². The summed E-state index contributed by atoms with van der Waals surface area (Å²) in [5.74, 6) is -0.679. The van der Waals surface area contributed by atoms with Crippen molar-refractivity contribution in [2.24, 2.45) is 5.73 Å². The number of nitrogens with two attached hydrogens (primary N) is 1. The highest BCUT2D eigenvalue weighted by Crippen LogP contribution is 2.12. The van der Waals surface area contributed by atoms with Gasteiger partial charge in [-0.1, -0.05) is 0 Å². The predicted octanol–water partition coefficient (Wildman–Crippen LogP) is -0.734. The van der Waals surface area contributed by atoms with Gasteiger partial charge in [0.15, 0.2) is 0 Å². The van der Waals surface area contributed by atoms with Gasteiger partial charge in [0.25, 0.3) is 0 Å². The molecule has 0 aromatic carbocycles. The van der Waals surface area contributed by atoms with Gasteiger partial charge >= 0.3 is 0 Å². The van der Waals surface area contributed by atoms with Crippen molar-refractivity contribution in [1.82, 2.24) is 5.32 Å². The molecule has 0 saturated heterocycles. The maximum Gasteiger partial charge on any atom is 0.246 e. The Labute approximate surface area is 58.1 Å². The number of carbonyl (C=O) groups excluding carboxylic acids is 2. The molecule has 0 fully saturated rings. The first-order valence-electron chi connectivity index (χ1n) is 2.90. The smallest absolute Gasteiger partial charge is 0.246 e. The van der Waals surface area contributed by atoms with Crippen molar-refractivity contribution in [2.45, 2.75) is 13.3 Å². The fourth-order valence-corrected chi connectivity index (χ4v) is 0.894. The quantitative estimate of drug-likeness (QED) is 0.503. The fourth-order valence-electron chi connectivity index (χ4n) is 0.894. The second-order valence-electron chi connectivity index (χ2n) is 2.19. The average molecular weight is 140 g/mol. The van der Waals surface area contributed by atoms with Gasteiger partial charge < -0.3 is 11.1 Å². The predicted molar refractivity (Wildman–Crippen MR) is 34.7 cm³/mol. The number of carbonyl (C=O) groups is 2. The molecule has 3 N–H and O–H groups in total. The third-order valence-electron chi connectivity index (χ3n) is 1.41. The minimum atomic E-state index is -0.518. The van der Waals surface area contributed by atoms with E-state index >= 15 is 0 Å². The lowest BCUT2D eigenvalue weighted by Gasteiger charge is -1.92. The Balaban J connectivity index is 2.86. The van der Waals surface area contributed by atoms with Crippen LogP contribution in [0.4, 0.5) is 0 Å². The summed E-state index contributed by atoms with van der Waals surface area (Å²) >= 11 is 0. The molecule has 1 heterocycles. The van der Waals surface area contributed by atoms with Gasteiger partial charge in [0.2, 0.25) is 11.8 Å². The molecule has 2 amide bonds. The van der Waals surface area contributed by atoms with Gasteiger partial charge in [0.1, 0.15) is 0 Å². The molecule has 0 radical (unpaired) electrons. The second-order valence-corrected chi connectivity index (χ2v) is 2.19. The monoisotopic (exact) mass is 140 g/mol. The molecular weight excluding hydrogens is 132 g/mol. The Morgan fingerprint density at radius 1 is 1.70 bits per heavy atom. The highest BCUT2D eigenvalue weighted by Gasteiger charge is 2.21. The summed E-state index contributed by atoms with van der Waals surface area (Å²) in [6.07, 6.45) is 0.126. The lowest BCUT2D eigenvalue weighted by atomic mass is 10.2. The van der Waals surface area contributed by atoms with Crippen molar-refractivity contribution in [3.05, 3.63) is 11.3 Å². The number of rotatable bonds is 1. The minimum Gasteiger partial charge on any atom is -0.366 e. The maximum atomic E-state index is 10.6. The van der Waals surface area contributed by atoms with E-state index in [2.05, 4.69) is 5.32 Å². The number of nitrogens with one attached hydrogen (secondary N) is 1. The third kappa shape index (κ3) is 1.00. The number of amides is 2. The first-order valence-corrected chi connectivity index (χ1v) is 2.90. The maximum absolute atomic E-state index is 10.6. The summed E-state index contributed by atoms with van der Waals surface area (Å²) in [6, 6.07) is 0. The Bertz CT molecular complexity index is 230. The van der Waals surface area contributed by atoms with Gasteiger partial charge in [-0.15, -0.1) is 0 Å². The molecule has 0 unspecified atom stereocenters. The lowest BCUT2D eigenvalue weighted by Crippen LogP contribution is -2.13. The molecular formula is C6H8N2O2. The van der Waals surface area contributed by atoms with Crippen LogP contribution in [0.5, 0.6) is 0 Å². The molecule has 1 aliphatic rings. The average Bonchev–Trinajstić information content (AvgIpc) is 2.10. The Hall–Kier alpha value is -1.32. The van der Waals surface area contributed by atoms with E-state index in [0.717, 1.165) is 0 Å². The molecule has 54 valence electrons. The zero-order valence-corrected chi connectivity index (χ0v) is 5.60. The van der Waals surface area contributed by atoms with Crippen LogP contribution in [-0.4, -0.2) is 11.8 Å². The van der Waals surface area contributed by atoms with E-state index in [0.29, 0.717) is 11.3 Å². The molecule has 1 aliphatic heterocycles. The molecule has 4 heteroatoms. The van der Waals surface area contributed by atoms with Gasteiger partial charge in [-0.25, -0.2) is 0 Å². The van der Waals surface area contributed by atoms with Gasteiger partial charge in [-0.2, -0.15) is 0 Å². The van der Waals surface area contributed by atoms with Crippen molar-refractivity contribution in [2.75, 3.05) is 0 Å². The second kappa shape index (κ2) is 2.13. The zero-order chi connectivity index (χ0) is 7.72. The van der Waals surface area contributed by atoms with E-state index in [9.17, 15) is 9.59 Å². The van der Waals surface area contributed by atoms with Gasteiger partial charge in [-0.05, 0) is 6.92 Å². The van der Waals surface area contributed by atoms with Crippen molar-refractivity contribution < 1.29 is 9.59 Å². The van der Waals surface area contributed by atoms with E-state index in [4.69, 9.17) is 5.73 Å². The van der Waals surface area contributed by atoms with E-state index in [-0.39, 0.29) is 12.3 Å². The van der Waals surface area contributed by atoms with E-state index in [1.54, 1.807) is 6.92 Å². The molecule has 0 saturated carbocycles. The van der Waals surface area contributed by atoms with Crippen LogP contribution in [0.15, 0.2) is 11.3 Å². The van der Waals surface area contributed by atoms with E-state index in [1.165, 1.54) is 0 Å². The lowest BCUT2D eigenvalue weighted by molar-refractivity contribution is -0.120. The van der Waals surface area contributed by atoms with Crippen molar-refractivity contribution in [3.8, 4) is 0 Å². The van der Waals surface area contributed by atoms with Crippen molar-refractivity contribution in [3.63, 3.8) is 0 Å². The number of hydrogen-bond acceptors (Lipinski definition) is 2. The summed E-state index contributed by atoms with van der Waals surface area (Å²) < 4.78 is 0. The zero-order valence-electron chi connectivity index (χ0n) is 5.60. The summed E-state index contributed by atoms with van der Waals surface area (Å²) in [5, 5.41) is 2.49. The first-order chi connectivity index (χ1) is 4.61. The number of hydrogen-bond donors (Lipinski definition) is 2. The highest BCUT2D eigenvalue weighted by molar-refractivity contribution is 6.01. The first kappa shape index (κ1) is 6.80. The van der Waals surface area contributed by atoms with Crippen LogP contribution < -0.4 is 11.1 Å². The van der Waals surface area contributed by atoms with Crippen LogP contribution >= 0.6 is 0 Å². The molecule has 1 rings (SSSR count). The van der Waals surface area contributed by atoms with Gasteiger partial charge in [0, 0.05) is 11.3 Å². The van der Waals surface area contributed by atoms with Crippen LogP contribution in [0.2, 0.25) is 0 Å². The Morgan fingerprint density at radius 2 is 2.30 bits per heavy atom. The number of allylic oxidation sites excluding steroid dienone is 1. The Morgan fingerprint density at radius 3 is 2.50 bits per heavy atom. The highest BCUT2D eigenvalue weighted by atomic mass is 16.2. The molecule has 0 aromatic rings. The SMILES string of the molecule is CC1=C(C(N)=O)CC(=O)N1. The molecule has 0 aromatic heterocycles. The molecule has 0 atom stereocenters. The number of primary amides is 1. The summed E-state index contributed by atoms with van der Waals surface area (Å²) in [7, 11) is 0. The normalized spacial score (nSPS) is 17.5. The van der Waals surface area contributed by atoms with Crippen LogP contribution in [0, 0.1) is 0 Å². The topological polar surface area (TPSA) is 72.2 Å². The van der Waals surface area contributed by atoms with Gasteiger partial charge in [0.05, 0.1) is 6.42 Å².